The average Bonchev–Trinajstić information content (AvgIpc) is 2.80. The number of benzene rings is 1. The van der Waals surface area contributed by atoms with Crippen molar-refractivity contribution in [1.82, 2.24) is 29.7 Å². The molecule has 4 rings (SSSR count). The summed E-state index contributed by atoms with van der Waals surface area (Å²) in [5.74, 6) is -0.392. The second-order valence-corrected chi connectivity index (χ2v) is 7.64. The van der Waals surface area contributed by atoms with E-state index in [-0.39, 0.29) is 22.9 Å². The molecule has 0 spiro atoms. The fraction of sp³-hybridized carbons (Fsp3) is 0.273. The van der Waals surface area contributed by atoms with Crippen LogP contribution < -0.4 is 22.6 Å². The molecule has 0 aliphatic carbocycles. The molecular formula is C22H22F4N8O2. The molecule has 0 aliphatic heterocycles. The smallest absolute Gasteiger partial charge is 0.397 e. The highest BCUT2D eigenvalue weighted by Gasteiger charge is 2.36. The van der Waals surface area contributed by atoms with Crippen molar-refractivity contribution in [2.75, 3.05) is 11.5 Å². The molecule has 0 atom stereocenters. The minimum absolute atomic E-state index is 0.0193. The van der Waals surface area contributed by atoms with Crippen LogP contribution in [0.4, 0.5) is 29.2 Å². The highest BCUT2D eigenvalue weighted by molar-refractivity contribution is 5.86. The van der Waals surface area contributed by atoms with E-state index in [0.717, 1.165) is 25.5 Å². The molecule has 0 amide bonds. The number of unbranched alkanes of at least 4 members (excludes halogenated alkanes) is 2. The Morgan fingerprint density at radius 2 is 1.86 bits per heavy atom. The highest BCUT2D eigenvalue weighted by Crippen LogP contribution is 2.29. The Morgan fingerprint density at radius 1 is 1.11 bits per heavy atom. The Balaban J connectivity index is 0.000000253. The van der Waals surface area contributed by atoms with Crippen LogP contribution in [0, 0.1) is 5.82 Å². The van der Waals surface area contributed by atoms with Gasteiger partial charge in [-0.3, -0.25) is 9.59 Å². The van der Waals surface area contributed by atoms with Gasteiger partial charge < -0.3 is 16.0 Å². The van der Waals surface area contributed by atoms with E-state index < -0.39 is 28.8 Å². The molecular weight excluding hydrogens is 484 g/mol. The third-order valence-corrected chi connectivity index (χ3v) is 5.07. The lowest BCUT2D eigenvalue weighted by atomic mass is 10.1. The van der Waals surface area contributed by atoms with E-state index in [1.165, 1.54) is 12.4 Å². The number of aromatic amines is 1. The number of hydrogen-bond acceptors (Lipinski definition) is 8. The number of nitrogens with two attached hydrogens (primary N) is 2. The second kappa shape index (κ2) is 10.9. The first-order valence-electron chi connectivity index (χ1n) is 10.7. The van der Waals surface area contributed by atoms with Gasteiger partial charge in [-0.2, -0.15) is 23.3 Å². The normalized spacial score (nSPS) is 11.2. The molecule has 5 N–H and O–H groups in total. The number of aryl methyl sites for hydroxylation is 1. The summed E-state index contributed by atoms with van der Waals surface area (Å²) in [6, 6.07) is 4.61. The molecule has 0 aliphatic rings. The van der Waals surface area contributed by atoms with E-state index >= 15 is 0 Å². The number of nitrogens with one attached hydrogen (secondary N) is 1. The summed E-state index contributed by atoms with van der Waals surface area (Å²) in [6.45, 7) is 2.74. The van der Waals surface area contributed by atoms with E-state index in [1.807, 2.05) is 0 Å². The van der Waals surface area contributed by atoms with E-state index in [9.17, 15) is 27.2 Å². The van der Waals surface area contributed by atoms with Crippen LogP contribution in [0.5, 0.6) is 0 Å². The Hall–Kier alpha value is -4.36. The molecule has 190 valence electrons. The van der Waals surface area contributed by atoms with Gasteiger partial charge in [0, 0.05) is 12.7 Å². The lowest BCUT2D eigenvalue weighted by Crippen LogP contribution is -2.24. The molecule has 0 radical (unpaired) electrons. The predicted molar refractivity (Wildman–Crippen MR) is 125 cm³/mol. The monoisotopic (exact) mass is 506 g/mol. The zero-order chi connectivity index (χ0) is 26.5. The van der Waals surface area contributed by atoms with E-state index in [4.69, 9.17) is 11.5 Å². The number of hydrogen-bond donors (Lipinski definition) is 3. The fourth-order valence-electron chi connectivity index (χ4n) is 3.33. The number of nitrogen functional groups attached to an aromatic ring is 2. The first-order valence-corrected chi connectivity index (χ1v) is 10.7. The summed E-state index contributed by atoms with van der Waals surface area (Å²) >= 11 is 0. The zero-order valence-corrected chi connectivity index (χ0v) is 19.0. The van der Waals surface area contributed by atoms with Crippen LogP contribution in [0.3, 0.4) is 0 Å². The Bertz CT molecular complexity index is 1480. The fourth-order valence-corrected chi connectivity index (χ4v) is 3.33. The molecule has 10 nitrogen and oxygen atoms in total. The van der Waals surface area contributed by atoms with Gasteiger partial charge in [0.05, 0.1) is 22.8 Å². The molecule has 3 heterocycles. The molecule has 4 aromatic rings. The van der Waals surface area contributed by atoms with Gasteiger partial charge in [0.15, 0.2) is 5.82 Å². The Kier molecular flexibility index (Phi) is 7.96. The van der Waals surface area contributed by atoms with Crippen molar-refractivity contribution in [3.05, 3.63) is 69.0 Å². The molecule has 14 heteroatoms. The largest absolute Gasteiger partial charge is 0.423 e. The molecule has 0 bridgehead atoms. The maximum atomic E-state index is 14.5. The molecule has 0 fully saturated rings. The van der Waals surface area contributed by atoms with Crippen molar-refractivity contribution in [3.63, 3.8) is 0 Å². The quantitative estimate of drug-likeness (QED) is 0.275. The van der Waals surface area contributed by atoms with Crippen LogP contribution in [-0.2, 0) is 12.7 Å². The minimum Gasteiger partial charge on any atom is -0.397 e. The lowest BCUT2D eigenvalue weighted by molar-refractivity contribution is -0.138. The van der Waals surface area contributed by atoms with Crippen molar-refractivity contribution in [3.8, 4) is 11.4 Å². The van der Waals surface area contributed by atoms with Crippen molar-refractivity contribution >= 4 is 22.4 Å². The first kappa shape index (κ1) is 26.2. The van der Waals surface area contributed by atoms with Gasteiger partial charge in [-0.05, 0) is 30.0 Å². The number of aromatic nitrogens is 6. The number of H-pyrrole nitrogens is 1. The maximum absolute atomic E-state index is 14.5. The summed E-state index contributed by atoms with van der Waals surface area (Å²) in [5.41, 5.74) is 7.02. The van der Waals surface area contributed by atoms with Gasteiger partial charge in [-0.25, -0.2) is 19.5 Å². The van der Waals surface area contributed by atoms with Crippen LogP contribution in [0.15, 0.2) is 46.5 Å². The number of rotatable bonds is 5. The molecule has 1 aromatic carbocycles. The number of nitrogens with zero attached hydrogens (tertiary/aromatic N) is 5. The standard InChI is InChI=1S/C17H18FN5O.C5H4F3N3O/c1-2-3-4-6-23-7-5-11-8-13(14(18)9-12(11)16(23)24)15-20-10-21-17(19)22-15;6-5(7,8)3-2(9)1-10-11-4(3)12/h5,7-10H,2-4,6H2,1H3,(H2,19,20,21,22);1H,(H3,9,11,12). The third kappa shape index (κ3) is 6.00. The maximum Gasteiger partial charge on any atom is 0.423 e. The summed E-state index contributed by atoms with van der Waals surface area (Å²) < 4.78 is 52.0. The first-order chi connectivity index (χ1) is 17.0. The number of fused-ring (bicyclic) bond motifs is 1. The summed E-state index contributed by atoms with van der Waals surface area (Å²) in [4.78, 5) is 34.7. The van der Waals surface area contributed by atoms with Crippen molar-refractivity contribution in [1.29, 1.82) is 0 Å². The summed E-state index contributed by atoms with van der Waals surface area (Å²) in [7, 11) is 0. The molecule has 3 aromatic heterocycles. The highest BCUT2D eigenvalue weighted by atomic mass is 19.4. The van der Waals surface area contributed by atoms with Crippen LogP contribution in [0.2, 0.25) is 0 Å². The van der Waals surface area contributed by atoms with Gasteiger partial charge >= 0.3 is 6.18 Å². The van der Waals surface area contributed by atoms with Gasteiger partial charge in [0.1, 0.15) is 17.7 Å². The lowest BCUT2D eigenvalue weighted by Gasteiger charge is -2.09. The topological polar surface area (TPSA) is 158 Å². The number of halogens is 4. The van der Waals surface area contributed by atoms with Gasteiger partial charge in [0.25, 0.3) is 11.1 Å². The van der Waals surface area contributed by atoms with E-state index in [2.05, 4.69) is 27.0 Å². The molecule has 0 saturated heterocycles. The Labute approximate surface area is 201 Å². The number of pyridine rings is 1. The zero-order valence-electron chi connectivity index (χ0n) is 19.0. The van der Waals surface area contributed by atoms with E-state index in [0.29, 0.717) is 17.3 Å². The molecule has 0 saturated carbocycles. The number of alkyl halides is 3. The van der Waals surface area contributed by atoms with Gasteiger partial charge in [0.2, 0.25) is 5.95 Å². The van der Waals surface area contributed by atoms with Crippen molar-refractivity contribution < 1.29 is 17.6 Å². The molecule has 36 heavy (non-hydrogen) atoms. The summed E-state index contributed by atoms with van der Waals surface area (Å²) in [6.07, 6.45) is 2.03. The number of anilines is 2. The van der Waals surface area contributed by atoms with Crippen LogP contribution in [0.25, 0.3) is 22.2 Å². The van der Waals surface area contributed by atoms with Crippen molar-refractivity contribution in [2.45, 2.75) is 38.9 Å². The van der Waals surface area contributed by atoms with E-state index in [1.54, 1.807) is 28.0 Å². The van der Waals surface area contributed by atoms with Crippen LogP contribution in [-0.4, -0.2) is 29.7 Å². The second-order valence-electron chi connectivity index (χ2n) is 7.64. The van der Waals surface area contributed by atoms with Crippen molar-refractivity contribution in [2.24, 2.45) is 0 Å². The minimum atomic E-state index is -4.74. The molecule has 0 unspecified atom stereocenters. The van der Waals surface area contributed by atoms with Crippen LogP contribution in [0.1, 0.15) is 31.7 Å². The SMILES string of the molecule is CCCCCn1ccc2cc(-c3ncnc(N)n3)c(F)cc2c1=O.Nc1cn[nH]c(=O)c1C(F)(F)F. The predicted octanol–water partition coefficient (Wildman–Crippen LogP) is 3.14. The third-order valence-electron chi connectivity index (χ3n) is 5.07. The van der Waals surface area contributed by atoms with Gasteiger partial charge in [-0.15, -0.1) is 0 Å². The van der Waals surface area contributed by atoms with Gasteiger partial charge in [-0.1, -0.05) is 19.8 Å². The Morgan fingerprint density at radius 3 is 2.47 bits per heavy atom. The van der Waals surface area contributed by atoms with Crippen LogP contribution >= 0.6 is 0 Å². The average molecular weight is 506 g/mol. The summed E-state index contributed by atoms with van der Waals surface area (Å²) in [5, 5.41) is 5.72.